The van der Waals surface area contributed by atoms with E-state index in [1.54, 1.807) is 7.11 Å². The lowest BCUT2D eigenvalue weighted by atomic mass is 9.95. The van der Waals surface area contributed by atoms with Gasteiger partial charge in [0.25, 0.3) is 0 Å². The van der Waals surface area contributed by atoms with Crippen molar-refractivity contribution in [2.24, 2.45) is 0 Å². The van der Waals surface area contributed by atoms with Crippen LogP contribution < -0.4 is 19.1 Å². The lowest BCUT2D eigenvalue weighted by Crippen LogP contribution is -2.46. The van der Waals surface area contributed by atoms with Crippen molar-refractivity contribution >= 4 is 5.69 Å². The molecule has 7 nitrogen and oxygen atoms in total. The molecule has 2 fully saturated rings. The van der Waals surface area contributed by atoms with E-state index in [1.807, 2.05) is 12.1 Å². The van der Waals surface area contributed by atoms with Crippen LogP contribution in [-0.2, 0) is 0 Å². The minimum Gasteiger partial charge on any atom is -0.495 e. The van der Waals surface area contributed by atoms with E-state index >= 15 is 0 Å². The molecule has 2 aliphatic heterocycles. The van der Waals surface area contributed by atoms with Crippen molar-refractivity contribution in [2.75, 3.05) is 77.6 Å². The molecule has 2 aliphatic rings. The molecule has 0 spiro atoms. The topological polar surface area (TPSA) is 57.6 Å². The van der Waals surface area contributed by atoms with E-state index in [2.05, 4.69) is 77.1 Å². The quantitative estimate of drug-likeness (QED) is 0.275. The Hall–Kier alpha value is -3.26. The molecule has 0 radical (unpaired) electrons. The number of nitrogens with zero attached hydrogens (tertiary/aromatic N) is 3. The van der Waals surface area contributed by atoms with Crippen LogP contribution in [0.1, 0.15) is 30.4 Å². The standard InChI is InChI=1S/C35H47N3O4/c1-27-30(31-11-7-15-34(28(31)2)42-25-9-18-37-19-16-29(39)26-37)10-6-14-33(27)41-24-8-17-36-20-22-38(23-21-36)32-12-4-5-13-35(32)40-3/h4-7,10-15,29,39H,8-9,16-26H2,1-3H3/t29-/m1/s1. The lowest BCUT2D eigenvalue weighted by molar-refractivity contribution is 0.173. The molecule has 3 aromatic rings. The Morgan fingerprint density at radius 3 is 1.83 bits per heavy atom. The normalized spacial score (nSPS) is 17.9. The number of aliphatic hydroxyl groups excluding tert-OH is 1. The number of benzene rings is 3. The molecule has 0 saturated carbocycles. The average molecular weight is 574 g/mol. The Labute approximate surface area is 251 Å². The number of β-amino-alcohol motifs (C(OH)–C–C–N with tert-alkyl or cyclic N) is 1. The summed E-state index contributed by atoms with van der Waals surface area (Å²) in [4.78, 5) is 7.26. The third kappa shape index (κ3) is 7.57. The molecule has 5 rings (SSSR count). The Morgan fingerprint density at radius 1 is 0.690 bits per heavy atom. The number of hydrogen-bond donors (Lipinski definition) is 1. The number of piperazine rings is 1. The number of likely N-dealkylation sites (tertiary alicyclic amines) is 1. The summed E-state index contributed by atoms with van der Waals surface area (Å²) in [5.74, 6) is 2.83. The summed E-state index contributed by atoms with van der Waals surface area (Å²) in [6.45, 7) is 13.5. The van der Waals surface area contributed by atoms with Crippen LogP contribution >= 0.6 is 0 Å². The summed E-state index contributed by atoms with van der Waals surface area (Å²) in [6.07, 6.45) is 2.67. The van der Waals surface area contributed by atoms with Gasteiger partial charge in [-0.25, -0.2) is 0 Å². The molecule has 226 valence electrons. The molecular formula is C35H47N3O4. The van der Waals surface area contributed by atoms with Gasteiger partial charge in [-0.2, -0.15) is 0 Å². The molecule has 7 heteroatoms. The number of methoxy groups -OCH3 is 1. The molecule has 1 atom stereocenters. The zero-order valence-electron chi connectivity index (χ0n) is 25.6. The first-order valence-corrected chi connectivity index (χ1v) is 15.5. The molecule has 0 unspecified atom stereocenters. The SMILES string of the molecule is COc1ccccc1N1CCN(CCCOc2cccc(-c3cccc(OCCCN4CC[C@@H](O)C4)c3C)c2C)CC1. The van der Waals surface area contributed by atoms with Gasteiger partial charge in [0.05, 0.1) is 32.1 Å². The van der Waals surface area contributed by atoms with Crippen LogP contribution in [0.3, 0.4) is 0 Å². The third-order valence-corrected chi connectivity index (χ3v) is 8.66. The van der Waals surface area contributed by atoms with E-state index in [9.17, 15) is 5.11 Å². The second-order valence-corrected chi connectivity index (χ2v) is 11.5. The second kappa shape index (κ2) is 14.8. The largest absolute Gasteiger partial charge is 0.495 e. The first-order chi connectivity index (χ1) is 20.5. The van der Waals surface area contributed by atoms with E-state index in [0.717, 1.165) is 100.0 Å². The zero-order chi connectivity index (χ0) is 29.3. The molecule has 2 saturated heterocycles. The van der Waals surface area contributed by atoms with Gasteiger partial charge in [0.1, 0.15) is 17.2 Å². The molecule has 3 aromatic carbocycles. The molecule has 42 heavy (non-hydrogen) atoms. The van der Waals surface area contributed by atoms with Crippen LogP contribution in [0, 0.1) is 13.8 Å². The van der Waals surface area contributed by atoms with Gasteiger partial charge in [0, 0.05) is 52.4 Å². The van der Waals surface area contributed by atoms with Gasteiger partial charge in [-0.1, -0.05) is 36.4 Å². The molecule has 0 amide bonds. The zero-order valence-corrected chi connectivity index (χ0v) is 25.6. The van der Waals surface area contributed by atoms with Crippen LogP contribution in [-0.4, -0.2) is 93.7 Å². The number of aliphatic hydroxyl groups is 1. The monoisotopic (exact) mass is 573 g/mol. The van der Waals surface area contributed by atoms with Gasteiger partial charge < -0.3 is 29.1 Å². The van der Waals surface area contributed by atoms with Crippen LogP contribution in [0.25, 0.3) is 11.1 Å². The summed E-state index contributed by atoms with van der Waals surface area (Å²) < 4.78 is 18.1. The molecular weight excluding hydrogens is 526 g/mol. The highest BCUT2D eigenvalue weighted by atomic mass is 16.5. The fourth-order valence-corrected chi connectivity index (χ4v) is 6.18. The van der Waals surface area contributed by atoms with E-state index in [0.29, 0.717) is 13.2 Å². The van der Waals surface area contributed by atoms with E-state index in [4.69, 9.17) is 14.2 Å². The van der Waals surface area contributed by atoms with Crippen molar-refractivity contribution in [3.8, 4) is 28.4 Å². The Bertz CT molecular complexity index is 1290. The summed E-state index contributed by atoms with van der Waals surface area (Å²) in [5.41, 5.74) is 5.88. The van der Waals surface area contributed by atoms with Crippen molar-refractivity contribution in [2.45, 2.75) is 39.2 Å². The second-order valence-electron chi connectivity index (χ2n) is 11.5. The summed E-state index contributed by atoms with van der Waals surface area (Å²) in [6, 6.07) is 20.9. The third-order valence-electron chi connectivity index (χ3n) is 8.66. The Kier molecular flexibility index (Phi) is 10.6. The number of anilines is 1. The maximum absolute atomic E-state index is 9.73. The summed E-state index contributed by atoms with van der Waals surface area (Å²) in [7, 11) is 1.74. The molecule has 0 bridgehead atoms. The molecule has 0 aliphatic carbocycles. The van der Waals surface area contributed by atoms with E-state index in [-0.39, 0.29) is 6.10 Å². The predicted molar refractivity (Wildman–Crippen MR) is 170 cm³/mol. The van der Waals surface area contributed by atoms with Crippen molar-refractivity contribution < 1.29 is 19.3 Å². The van der Waals surface area contributed by atoms with E-state index in [1.165, 1.54) is 16.8 Å². The maximum Gasteiger partial charge on any atom is 0.142 e. The average Bonchev–Trinajstić information content (AvgIpc) is 3.44. The van der Waals surface area contributed by atoms with Crippen LogP contribution in [0.15, 0.2) is 60.7 Å². The van der Waals surface area contributed by atoms with Gasteiger partial charge in [0.2, 0.25) is 0 Å². The predicted octanol–water partition coefficient (Wildman–Crippen LogP) is 5.41. The van der Waals surface area contributed by atoms with Gasteiger partial charge in [-0.15, -0.1) is 0 Å². The highest BCUT2D eigenvalue weighted by molar-refractivity contribution is 5.74. The van der Waals surface area contributed by atoms with Crippen LogP contribution in [0.5, 0.6) is 17.2 Å². The Morgan fingerprint density at radius 2 is 1.26 bits per heavy atom. The van der Waals surface area contributed by atoms with Gasteiger partial charge in [-0.05, 0) is 79.6 Å². The van der Waals surface area contributed by atoms with Gasteiger partial charge >= 0.3 is 0 Å². The van der Waals surface area contributed by atoms with Crippen LogP contribution in [0.2, 0.25) is 0 Å². The number of hydrogen-bond acceptors (Lipinski definition) is 7. The summed E-state index contributed by atoms with van der Waals surface area (Å²) in [5, 5.41) is 9.73. The van der Waals surface area contributed by atoms with Crippen molar-refractivity contribution in [3.63, 3.8) is 0 Å². The van der Waals surface area contributed by atoms with E-state index < -0.39 is 0 Å². The van der Waals surface area contributed by atoms with Crippen LogP contribution in [0.4, 0.5) is 5.69 Å². The Balaban J connectivity index is 1.09. The maximum atomic E-state index is 9.73. The first kappa shape index (κ1) is 30.2. The highest BCUT2D eigenvalue weighted by Crippen LogP contribution is 2.35. The highest BCUT2D eigenvalue weighted by Gasteiger charge is 2.20. The van der Waals surface area contributed by atoms with Gasteiger partial charge in [-0.3, -0.25) is 4.90 Å². The van der Waals surface area contributed by atoms with Gasteiger partial charge in [0.15, 0.2) is 0 Å². The smallest absolute Gasteiger partial charge is 0.142 e. The lowest BCUT2D eigenvalue weighted by Gasteiger charge is -2.36. The number of rotatable bonds is 13. The van der Waals surface area contributed by atoms with Crippen molar-refractivity contribution in [3.05, 3.63) is 71.8 Å². The van der Waals surface area contributed by atoms with Crippen molar-refractivity contribution in [1.82, 2.24) is 9.80 Å². The molecule has 0 aromatic heterocycles. The first-order valence-electron chi connectivity index (χ1n) is 15.5. The minimum atomic E-state index is -0.167. The van der Waals surface area contributed by atoms with Crippen molar-refractivity contribution in [1.29, 1.82) is 0 Å². The minimum absolute atomic E-state index is 0.167. The number of para-hydroxylation sites is 2. The summed E-state index contributed by atoms with van der Waals surface area (Å²) >= 11 is 0. The molecule has 1 N–H and O–H groups in total. The fraction of sp³-hybridized carbons (Fsp3) is 0.486. The molecule has 2 heterocycles. The fourth-order valence-electron chi connectivity index (χ4n) is 6.18. The number of ether oxygens (including phenoxy) is 3.